The maximum atomic E-state index is 12.1. The van der Waals surface area contributed by atoms with Crippen LogP contribution >= 0.6 is 0 Å². The van der Waals surface area contributed by atoms with Crippen LogP contribution in [0.15, 0.2) is 42.6 Å². The van der Waals surface area contributed by atoms with E-state index < -0.39 is 4.92 Å². The topological polar surface area (TPSA) is 91.3 Å². The van der Waals surface area contributed by atoms with Crippen LogP contribution in [-0.4, -0.2) is 42.9 Å². The number of anilines is 1. The number of benzene rings is 2. The fourth-order valence-electron chi connectivity index (χ4n) is 4.48. The number of hydrogen-bond acceptors (Lipinski definition) is 7. The minimum absolute atomic E-state index is 0.0172. The number of fused-ring (bicyclic) bond motifs is 1. The molecule has 176 valence electrons. The van der Waals surface area contributed by atoms with E-state index >= 15 is 0 Å². The second-order valence-corrected chi connectivity index (χ2v) is 8.23. The van der Waals surface area contributed by atoms with Crippen molar-refractivity contribution in [2.75, 3.05) is 25.7 Å². The average Bonchev–Trinajstić information content (AvgIpc) is 2.86. The predicted octanol–water partition coefficient (Wildman–Crippen LogP) is 5.29. The SMILES string of the molecule is [C-]#[N+]c1ccc2ncc([N+](=O)[O-])c(N(Cc3ccc(OC)cc3OC)[C@@H]3CCO[C@H](C)C3)c2c1. The van der Waals surface area contributed by atoms with Crippen LogP contribution in [0, 0.1) is 16.7 Å². The summed E-state index contributed by atoms with van der Waals surface area (Å²) >= 11 is 0. The highest BCUT2D eigenvalue weighted by molar-refractivity contribution is 5.98. The lowest BCUT2D eigenvalue weighted by Gasteiger charge is -2.38. The fraction of sp³-hybridized carbons (Fsp3) is 0.360. The van der Waals surface area contributed by atoms with E-state index in [2.05, 4.69) is 14.7 Å². The molecule has 2 heterocycles. The summed E-state index contributed by atoms with van der Waals surface area (Å²) in [5.41, 5.74) is 2.22. The third-order valence-electron chi connectivity index (χ3n) is 6.15. The van der Waals surface area contributed by atoms with Crippen molar-refractivity contribution in [2.45, 2.75) is 38.5 Å². The first-order valence-corrected chi connectivity index (χ1v) is 11.0. The van der Waals surface area contributed by atoms with Crippen molar-refractivity contribution >= 4 is 28.0 Å². The van der Waals surface area contributed by atoms with E-state index in [4.69, 9.17) is 20.8 Å². The Morgan fingerprint density at radius 1 is 1.26 bits per heavy atom. The van der Waals surface area contributed by atoms with Gasteiger partial charge in [-0.05, 0) is 44.0 Å². The Kier molecular flexibility index (Phi) is 6.80. The molecule has 9 nitrogen and oxygen atoms in total. The van der Waals surface area contributed by atoms with E-state index in [9.17, 15) is 10.1 Å². The Morgan fingerprint density at radius 2 is 2.09 bits per heavy atom. The molecule has 0 spiro atoms. The number of methoxy groups -OCH3 is 2. The van der Waals surface area contributed by atoms with Gasteiger partial charge in [0.15, 0.2) is 5.69 Å². The Morgan fingerprint density at radius 3 is 2.76 bits per heavy atom. The van der Waals surface area contributed by atoms with E-state index in [1.165, 1.54) is 6.20 Å². The van der Waals surface area contributed by atoms with Crippen molar-refractivity contribution in [1.29, 1.82) is 0 Å². The maximum Gasteiger partial charge on any atom is 0.311 e. The number of nitro groups is 1. The molecular weight excluding hydrogens is 436 g/mol. The molecule has 9 heteroatoms. The van der Waals surface area contributed by atoms with Crippen molar-refractivity contribution in [3.63, 3.8) is 0 Å². The van der Waals surface area contributed by atoms with Crippen LogP contribution in [0.3, 0.4) is 0 Å². The molecule has 1 aliphatic rings. The first-order chi connectivity index (χ1) is 16.4. The second-order valence-electron chi connectivity index (χ2n) is 8.23. The molecule has 0 amide bonds. The van der Waals surface area contributed by atoms with Gasteiger partial charge in [-0.1, -0.05) is 6.07 Å². The van der Waals surface area contributed by atoms with Gasteiger partial charge in [0, 0.05) is 36.2 Å². The van der Waals surface area contributed by atoms with Crippen LogP contribution in [0.25, 0.3) is 15.7 Å². The summed E-state index contributed by atoms with van der Waals surface area (Å²) in [6, 6.07) is 10.6. The van der Waals surface area contributed by atoms with E-state index in [0.717, 1.165) is 5.56 Å². The molecule has 0 saturated carbocycles. The van der Waals surface area contributed by atoms with E-state index in [-0.39, 0.29) is 17.8 Å². The third-order valence-corrected chi connectivity index (χ3v) is 6.15. The highest BCUT2D eigenvalue weighted by Gasteiger charge is 2.32. The van der Waals surface area contributed by atoms with Gasteiger partial charge in [-0.15, -0.1) is 0 Å². The predicted molar refractivity (Wildman–Crippen MR) is 129 cm³/mol. The first kappa shape index (κ1) is 23.3. The number of aromatic nitrogens is 1. The molecule has 3 aromatic rings. The minimum Gasteiger partial charge on any atom is -0.497 e. The monoisotopic (exact) mass is 462 g/mol. The number of hydrogen-bond donors (Lipinski definition) is 0. The highest BCUT2D eigenvalue weighted by Crippen LogP contribution is 2.41. The Labute approximate surface area is 197 Å². The van der Waals surface area contributed by atoms with Crippen molar-refractivity contribution in [2.24, 2.45) is 0 Å². The lowest BCUT2D eigenvalue weighted by molar-refractivity contribution is -0.384. The molecule has 4 rings (SSSR count). The second kappa shape index (κ2) is 9.93. The van der Waals surface area contributed by atoms with Gasteiger partial charge in [0.1, 0.15) is 23.4 Å². The molecule has 1 aliphatic heterocycles. The van der Waals surface area contributed by atoms with Gasteiger partial charge in [-0.25, -0.2) is 9.83 Å². The van der Waals surface area contributed by atoms with Crippen LogP contribution in [0.2, 0.25) is 0 Å². The molecule has 0 N–H and O–H groups in total. The standard InChI is InChI=1S/C25H26N4O5/c1-16-11-19(9-10-34-16)28(15-17-5-7-20(32-3)13-24(17)33-4)25-21-12-18(26-2)6-8-22(21)27-14-23(25)29(30)31/h5-8,12-14,16,19H,9-11,15H2,1,3-4H3/t16-,19-/m1/s1. The van der Waals surface area contributed by atoms with Gasteiger partial charge in [-0.3, -0.25) is 10.1 Å². The van der Waals surface area contributed by atoms with Crippen LogP contribution in [0.1, 0.15) is 25.3 Å². The van der Waals surface area contributed by atoms with Crippen LogP contribution in [0.5, 0.6) is 11.5 Å². The summed E-state index contributed by atoms with van der Waals surface area (Å²) < 4.78 is 16.7. The largest absolute Gasteiger partial charge is 0.497 e. The molecule has 1 fully saturated rings. The van der Waals surface area contributed by atoms with Gasteiger partial charge in [0.05, 0.1) is 37.3 Å². The summed E-state index contributed by atoms with van der Waals surface area (Å²) in [4.78, 5) is 21.6. The zero-order valence-electron chi connectivity index (χ0n) is 19.4. The Balaban J connectivity index is 1.93. The molecule has 0 unspecified atom stereocenters. The van der Waals surface area contributed by atoms with Crippen LogP contribution < -0.4 is 14.4 Å². The number of pyridine rings is 1. The zero-order valence-corrected chi connectivity index (χ0v) is 19.4. The lowest BCUT2D eigenvalue weighted by atomic mass is 9.99. The van der Waals surface area contributed by atoms with Crippen LogP contribution in [-0.2, 0) is 11.3 Å². The smallest absolute Gasteiger partial charge is 0.311 e. The summed E-state index contributed by atoms with van der Waals surface area (Å²) in [6.07, 6.45) is 2.75. The molecule has 0 aliphatic carbocycles. The molecule has 1 aromatic heterocycles. The molecule has 0 bridgehead atoms. The molecular formula is C25H26N4O5. The van der Waals surface area contributed by atoms with Crippen molar-refractivity contribution in [3.05, 3.63) is 69.7 Å². The van der Waals surface area contributed by atoms with E-state index in [1.807, 2.05) is 19.1 Å². The normalized spacial score (nSPS) is 17.7. The van der Waals surface area contributed by atoms with Gasteiger partial charge < -0.3 is 19.1 Å². The van der Waals surface area contributed by atoms with Gasteiger partial charge >= 0.3 is 5.69 Å². The summed E-state index contributed by atoms with van der Waals surface area (Å²) in [6.45, 7) is 10.4. The average molecular weight is 463 g/mol. The van der Waals surface area contributed by atoms with E-state index in [0.29, 0.717) is 59.8 Å². The molecule has 2 atom stereocenters. The maximum absolute atomic E-state index is 12.1. The van der Waals surface area contributed by atoms with E-state index in [1.54, 1.807) is 38.5 Å². The summed E-state index contributed by atoms with van der Waals surface area (Å²) in [7, 11) is 3.18. The zero-order chi connectivity index (χ0) is 24.2. The third kappa shape index (κ3) is 4.58. The van der Waals surface area contributed by atoms with Gasteiger partial charge in [0.2, 0.25) is 0 Å². The Bertz CT molecular complexity index is 1260. The summed E-state index contributed by atoms with van der Waals surface area (Å²) in [5.74, 6) is 1.29. The van der Waals surface area contributed by atoms with Gasteiger partial charge in [0.25, 0.3) is 0 Å². The molecule has 2 aromatic carbocycles. The first-order valence-electron chi connectivity index (χ1n) is 11.0. The Hall–Kier alpha value is -3.90. The van der Waals surface area contributed by atoms with Crippen molar-refractivity contribution in [1.82, 2.24) is 4.98 Å². The minimum atomic E-state index is -0.409. The molecule has 34 heavy (non-hydrogen) atoms. The van der Waals surface area contributed by atoms with Gasteiger partial charge in [-0.2, -0.15) is 0 Å². The number of rotatable bonds is 7. The fourth-order valence-corrected chi connectivity index (χ4v) is 4.48. The number of ether oxygens (including phenoxy) is 3. The molecule has 1 saturated heterocycles. The van der Waals surface area contributed by atoms with Crippen molar-refractivity contribution < 1.29 is 19.1 Å². The quantitative estimate of drug-likeness (QED) is 0.268. The molecule has 0 radical (unpaired) electrons. The summed E-state index contributed by atoms with van der Waals surface area (Å²) in [5, 5.41) is 12.7. The van der Waals surface area contributed by atoms with Crippen LogP contribution in [0.4, 0.5) is 17.1 Å². The highest BCUT2D eigenvalue weighted by atomic mass is 16.6. The number of nitrogens with zero attached hydrogens (tertiary/aromatic N) is 4. The van der Waals surface area contributed by atoms with Crippen molar-refractivity contribution in [3.8, 4) is 11.5 Å². The lowest BCUT2D eigenvalue weighted by Crippen LogP contribution is -2.42.